The topological polar surface area (TPSA) is 74.2 Å². The van der Waals surface area contributed by atoms with E-state index in [1.165, 1.54) is 7.11 Å². The molecule has 0 bridgehead atoms. The van der Waals surface area contributed by atoms with Crippen LogP contribution in [0.25, 0.3) is 0 Å². The van der Waals surface area contributed by atoms with Crippen molar-refractivity contribution >= 4 is 18.6 Å². The van der Waals surface area contributed by atoms with Crippen LogP contribution in [0.5, 0.6) is 0 Å². The second-order valence-corrected chi connectivity index (χ2v) is 4.83. The van der Waals surface area contributed by atoms with Crippen LogP contribution in [0.2, 0.25) is 0 Å². The normalized spacial score (nSPS) is 12.9. The Morgan fingerprint density at radius 3 is 2.56 bits per heavy atom. The molecule has 1 atom stereocenters. The van der Waals surface area contributed by atoms with Crippen LogP contribution >= 0.6 is 12.6 Å². The third-order valence-corrected chi connectivity index (χ3v) is 1.95. The highest BCUT2D eigenvalue weighted by atomic mass is 32.1. The third-order valence-electron chi connectivity index (χ3n) is 1.88. The predicted octanol–water partition coefficient (Wildman–Crippen LogP) is 0.912. The Kier molecular flexibility index (Phi) is 8.01. The SMILES string of the molecule is C=C(S)OOCC(O)COC(=O)C(C)(C)COC. The number of hydrogen-bond donors (Lipinski definition) is 2. The standard InChI is InChI=1S/C11H20O6S/c1-8(18)17-16-6-9(12)5-15-10(13)11(2,3)7-14-4/h9,12,18H,1,5-7H2,2-4H3. The summed E-state index contributed by atoms with van der Waals surface area (Å²) in [5.41, 5.74) is -0.759. The molecule has 0 aliphatic carbocycles. The highest BCUT2D eigenvalue weighted by molar-refractivity contribution is 7.84. The number of aliphatic hydroxyl groups is 1. The number of thiol groups is 1. The van der Waals surface area contributed by atoms with Gasteiger partial charge in [0.15, 0.2) is 5.09 Å². The second-order valence-electron chi connectivity index (χ2n) is 4.33. The molecule has 0 aliphatic rings. The number of hydrogen-bond acceptors (Lipinski definition) is 7. The Morgan fingerprint density at radius 2 is 2.06 bits per heavy atom. The van der Waals surface area contributed by atoms with Crippen LogP contribution in [0.3, 0.4) is 0 Å². The maximum atomic E-state index is 11.6. The van der Waals surface area contributed by atoms with E-state index in [2.05, 4.69) is 29.0 Å². The quantitative estimate of drug-likeness (QED) is 0.215. The molecule has 0 heterocycles. The van der Waals surface area contributed by atoms with Gasteiger partial charge in [0.2, 0.25) is 0 Å². The van der Waals surface area contributed by atoms with Gasteiger partial charge in [0.1, 0.15) is 19.3 Å². The number of aliphatic hydroxyl groups excluding tert-OH is 1. The van der Waals surface area contributed by atoms with E-state index >= 15 is 0 Å². The van der Waals surface area contributed by atoms with Crippen molar-refractivity contribution in [2.24, 2.45) is 5.41 Å². The average Bonchev–Trinajstić information content (AvgIpc) is 2.25. The maximum absolute atomic E-state index is 11.6. The van der Waals surface area contributed by atoms with Crippen LogP contribution < -0.4 is 0 Å². The van der Waals surface area contributed by atoms with Gasteiger partial charge in [0, 0.05) is 7.11 Å². The monoisotopic (exact) mass is 280 g/mol. The molecule has 0 fully saturated rings. The Hall–Kier alpha value is -0.760. The minimum absolute atomic E-state index is 0.0698. The van der Waals surface area contributed by atoms with Crippen molar-refractivity contribution < 1.29 is 29.1 Å². The number of ether oxygens (including phenoxy) is 2. The maximum Gasteiger partial charge on any atom is 0.313 e. The fraction of sp³-hybridized carbons (Fsp3) is 0.727. The van der Waals surface area contributed by atoms with Gasteiger partial charge in [-0.3, -0.25) is 4.79 Å². The van der Waals surface area contributed by atoms with Crippen molar-refractivity contribution in [3.05, 3.63) is 11.7 Å². The van der Waals surface area contributed by atoms with Crippen molar-refractivity contribution in [2.45, 2.75) is 20.0 Å². The molecule has 6 nitrogen and oxygen atoms in total. The van der Waals surface area contributed by atoms with E-state index in [1.807, 2.05) is 0 Å². The Labute approximate surface area is 112 Å². The Bertz CT molecular complexity index is 279. The minimum Gasteiger partial charge on any atom is -0.462 e. The summed E-state index contributed by atoms with van der Waals surface area (Å²) in [4.78, 5) is 20.7. The van der Waals surface area contributed by atoms with Gasteiger partial charge in [-0.2, -0.15) is 4.89 Å². The molecule has 0 aromatic heterocycles. The van der Waals surface area contributed by atoms with Crippen molar-refractivity contribution in [3.8, 4) is 0 Å². The van der Waals surface area contributed by atoms with E-state index < -0.39 is 17.5 Å². The van der Waals surface area contributed by atoms with Gasteiger partial charge in [-0.1, -0.05) is 0 Å². The number of methoxy groups -OCH3 is 1. The molecular weight excluding hydrogens is 260 g/mol. The van der Waals surface area contributed by atoms with Gasteiger partial charge in [-0.05, 0) is 20.4 Å². The van der Waals surface area contributed by atoms with Gasteiger partial charge in [-0.25, -0.2) is 0 Å². The summed E-state index contributed by atoms with van der Waals surface area (Å²) in [6.45, 7) is 6.59. The summed E-state index contributed by atoms with van der Waals surface area (Å²) in [7, 11) is 1.50. The van der Waals surface area contributed by atoms with E-state index in [0.29, 0.717) is 0 Å². The fourth-order valence-corrected chi connectivity index (χ4v) is 1.07. The number of esters is 1. The second kappa shape index (κ2) is 8.36. The molecule has 0 saturated heterocycles. The summed E-state index contributed by atoms with van der Waals surface area (Å²) in [6, 6.07) is 0. The minimum atomic E-state index is -0.986. The smallest absolute Gasteiger partial charge is 0.313 e. The Balaban J connectivity index is 3.87. The van der Waals surface area contributed by atoms with Crippen molar-refractivity contribution in [2.75, 3.05) is 26.9 Å². The zero-order valence-electron chi connectivity index (χ0n) is 10.8. The van der Waals surface area contributed by atoms with Crippen LogP contribution in [0.4, 0.5) is 0 Å². The first-order valence-corrected chi connectivity index (χ1v) is 5.76. The van der Waals surface area contributed by atoms with E-state index in [9.17, 15) is 9.90 Å². The van der Waals surface area contributed by atoms with Crippen molar-refractivity contribution in [3.63, 3.8) is 0 Å². The molecule has 1 unspecified atom stereocenters. The molecule has 0 spiro atoms. The molecular formula is C11H20O6S. The number of rotatable bonds is 9. The molecule has 0 radical (unpaired) electrons. The van der Waals surface area contributed by atoms with Gasteiger partial charge in [0.05, 0.1) is 12.0 Å². The molecule has 106 valence electrons. The molecule has 0 aromatic rings. The summed E-state index contributed by atoms with van der Waals surface area (Å²) >= 11 is 3.72. The van der Waals surface area contributed by atoms with E-state index in [4.69, 9.17) is 9.47 Å². The molecule has 7 heteroatoms. The average molecular weight is 280 g/mol. The lowest BCUT2D eigenvalue weighted by molar-refractivity contribution is -0.268. The van der Waals surface area contributed by atoms with Crippen LogP contribution in [0, 0.1) is 5.41 Å². The lowest BCUT2D eigenvalue weighted by atomic mass is 9.95. The molecule has 1 N–H and O–H groups in total. The van der Waals surface area contributed by atoms with Crippen LogP contribution in [0.1, 0.15) is 13.8 Å². The fourth-order valence-electron chi connectivity index (χ4n) is 1.02. The van der Waals surface area contributed by atoms with Crippen molar-refractivity contribution in [1.29, 1.82) is 0 Å². The largest absolute Gasteiger partial charge is 0.462 e. The van der Waals surface area contributed by atoms with E-state index in [1.54, 1.807) is 13.8 Å². The summed E-state index contributed by atoms with van der Waals surface area (Å²) in [6.07, 6.45) is -0.986. The highest BCUT2D eigenvalue weighted by Gasteiger charge is 2.29. The van der Waals surface area contributed by atoms with Gasteiger partial charge in [-0.15, -0.1) is 12.6 Å². The molecule has 18 heavy (non-hydrogen) atoms. The summed E-state index contributed by atoms with van der Waals surface area (Å²) < 4.78 is 9.83. The zero-order valence-corrected chi connectivity index (χ0v) is 11.7. The van der Waals surface area contributed by atoms with Crippen molar-refractivity contribution in [1.82, 2.24) is 0 Å². The van der Waals surface area contributed by atoms with Gasteiger partial charge < -0.3 is 19.5 Å². The zero-order chi connectivity index (χ0) is 14.2. The summed E-state index contributed by atoms with van der Waals surface area (Å²) in [5, 5.41) is 9.51. The van der Waals surface area contributed by atoms with Crippen LogP contribution in [-0.4, -0.2) is 44.1 Å². The number of carbonyl (C=O) groups excluding carboxylic acids is 1. The first kappa shape index (κ1) is 17.2. The van der Waals surface area contributed by atoms with E-state index in [0.717, 1.165) is 0 Å². The first-order valence-electron chi connectivity index (χ1n) is 5.31. The number of carbonyl (C=O) groups is 1. The lowest BCUT2D eigenvalue weighted by Crippen LogP contribution is -2.34. The molecule has 0 aromatic carbocycles. The van der Waals surface area contributed by atoms with Crippen LogP contribution in [0.15, 0.2) is 11.7 Å². The summed E-state index contributed by atoms with van der Waals surface area (Å²) in [5.74, 6) is -0.456. The molecule has 0 amide bonds. The molecule has 0 rings (SSSR count). The van der Waals surface area contributed by atoms with Gasteiger partial charge >= 0.3 is 5.97 Å². The van der Waals surface area contributed by atoms with E-state index in [-0.39, 0.29) is 24.9 Å². The van der Waals surface area contributed by atoms with Crippen LogP contribution in [-0.2, 0) is 24.0 Å². The highest BCUT2D eigenvalue weighted by Crippen LogP contribution is 2.17. The Morgan fingerprint density at radius 1 is 1.44 bits per heavy atom. The first-order chi connectivity index (χ1) is 8.29. The molecule has 0 aliphatic heterocycles. The lowest BCUT2D eigenvalue weighted by Gasteiger charge is -2.22. The third kappa shape index (κ3) is 7.54. The predicted molar refractivity (Wildman–Crippen MR) is 67.8 cm³/mol. The molecule has 0 saturated carbocycles. The van der Waals surface area contributed by atoms with Gasteiger partial charge in [0.25, 0.3) is 0 Å².